The Morgan fingerprint density at radius 1 is 1.03 bits per heavy atom. The minimum Gasteiger partial charge on any atom is -0.421 e. The molecule has 1 aliphatic heterocycles. The van der Waals surface area contributed by atoms with Crippen molar-refractivity contribution in [3.63, 3.8) is 0 Å². The van der Waals surface area contributed by atoms with E-state index in [2.05, 4.69) is 14.9 Å². The molecule has 0 N–H and O–H groups in total. The number of para-hydroxylation sites is 1. The van der Waals surface area contributed by atoms with Gasteiger partial charge in [-0.1, -0.05) is 24.3 Å². The Kier molecular flexibility index (Phi) is 5.94. The van der Waals surface area contributed by atoms with Crippen LogP contribution in [0.4, 0.5) is 8.78 Å². The van der Waals surface area contributed by atoms with Crippen LogP contribution in [0.5, 0.6) is 11.8 Å². The first-order valence-corrected chi connectivity index (χ1v) is 11.3. The number of halogens is 2. The molecule has 2 aromatic heterocycles. The van der Waals surface area contributed by atoms with E-state index >= 15 is 0 Å². The maximum atomic E-state index is 14.2. The molecule has 4 aromatic rings. The largest absolute Gasteiger partial charge is 0.421 e. The van der Waals surface area contributed by atoms with Gasteiger partial charge < -0.3 is 9.64 Å². The maximum Gasteiger partial charge on any atom is 0.322 e. The van der Waals surface area contributed by atoms with Crippen molar-refractivity contribution < 1.29 is 13.5 Å². The third-order valence-corrected chi connectivity index (χ3v) is 6.75. The Morgan fingerprint density at radius 2 is 1.80 bits per heavy atom. The molecule has 0 amide bonds. The highest BCUT2D eigenvalue weighted by atomic mass is 19.1. The monoisotopic (exact) mass is 477 g/mol. The van der Waals surface area contributed by atoms with Crippen molar-refractivity contribution in [1.29, 1.82) is 0 Å². The molecule has 1 fully saturated rings. The molecule has 2 atom stereocenters. The Hall–Kier alpha value is -3.85. The molecule has 180 valence electrons. The van der Waals surface area contributed by atoms with E-state index in [0.29, 0.717) is 18.7 Å². The van der Waals surface area contributed by atoms with Crippen LogP contribution in [0.2, 0.25) is 0 Å². The second-order valence-electron chi connectivity index (χ2n) is 8.81. The molecule has 2 aromatic carbocycles. The van der Waals surface area contributed by atoms with Gasteiger partial charge in [0, 0.05) is 44.5 Å². The molecule has 1 aliphatic rings. The fourth-order valence-electron chi connectivity index (χ4n) is 4.99. The fourth-order valence-corrected chi connectivity index (χ4v) is 4.99. The lowest BCUT2D eigenvalue weighted by Gasteiger charge is -2.48. The first-order valence-electron chi connectivity index (χ1n) is 11.3. The number of likely N-dealkylation sites (N-methyl/N-ethyl adjacent to an activating group) is 1. The number of rotatable bonds is 5. The highest BCUT2D eigenvalue weighted by Gasteiger charge is 2.48. The number of nitrogens with zero attached hydrogens (tertiary/aromatic N) is 5. The molecule has 0 bridgehead atoms. The van der Waals surface area contributed by atoms with Crippen LogP contribution in [0.3, 0.4) is 0 Å². The van der Waals surface area contributed by atoms with E-state index in [0.717, 1.165) is 12.1 Å². The number of likely N-dealkylation sites (tertiary alicyclic amines) is 1. The highest BCUT2D eigenvalue weighted by molar-refractivity contribution is 5.34. The molecule has 0 saturated carbocycles. The number of benzene rings is 2. The molecule has 2 unspecified atom stereocenters. The van der Waals surface area contributed by atoms with Gasteiger partial charge in [-0.05, 0) is 49.4 Å². The van der Waals surface area contributed by atoms with Crippen LogP contribution in [0.15, 0.2) is 77.9 Å². The van der Waals surface area contributed by atoms with Gasteiger partial charge in [0.2, 0.25) is 0 Å². The number of hydrogen-bond acceptors (Lipinski definition) is 5. The van der Waals surface area contributed by atoms with Gasteiger partial charge >= 0.3 is 6.01 Å². The summed E-state index contributed by atoms with van der Waals surface area (Å²) < 4.78 is 37.2. The summed E-state index contributed by atoms with van der Waals surface area (Å²) in [4.78, 5) is 23.5. The lowest BCUT2D eigenvalue weighted by molar-refractivity contribution is 0.106. The van der Waals surface area contributed by atoms with Gasteiger partial charge in [-0.3, -0.25) is 14.2 Å². The van der Waals surface area contributed by atoms with Crippen molar-refractivity contribution in [2.45, 2.75) is 17.9 Å². The van der Waals surface area contributed by atoms with Crippen molar-refractivity contribution in [3.05, 3.63) is 106 Å². The second-order valence-corrected chi connectivity index (χ2v) is 8.81. The van der Waals surface area contributed by atoms with Crippen molar-refractivity contribution in [2.24, 2.45) is 7.05 Å². The lowest BCUT2D eigenvalue weighted by atomic mass is 9.71. The number of ether oxygens (including phenoxy) is 1. The van der Waals surface area contributed by atoms with E-state index in [4.69, 9.17) is 4.74 Å². The van der Waals surface area contributed by atoms with E-state index in [1.807, 2.05) is 11.7 Å². The molecule has 0 radical (unpaired) electrons. The van der Waals surface area contributed by atoms with Gasteiger partial charge in [-0.2, -0.15) is 4.98 Å². The topological polar surface area (TPSA) is 65.2 Å². The van der Waals surface area contributed by atoms with E-state index < -0.39 is 11.4 Å². The number of aromatic nitrogens is 4. The summed E-state index contributed by atoms with van der Waals surface area (Å²) in [6, 6.07) is 15.8. The average molecular weight is 478 g/mol. The van der Waals surface area contributed by atoms with Gasteiger partial charge in [-0.25, -0.2) is 13.8 Å². The van der Waals surface area contributed by atoms with E-state index in [1.165, 1.54) is 30.3 Å². The SMILES string of the molecule is CN1CCC(c2ccc(F)cc2)(n2ccc(=O)n2C)C(c2ccnc(Oc3ccccc3F)n2)C1. The average Bonchev–Trinajstić information content (AvgIpc) is 3.20. The van der Waals surface area contributed by atoms with Crippen LogP contribution in [0.1, 0.15) is 23.6 Å². The molecule has 35 heavy (non-hydrogen) atoms. The fraction of sp³-hybridized carbons (Fsp3) is 0.269. The third-order valence-electron chi connectivity index (χ3n) is 6.75. The second kappa shape index (κ2) is 9.07. The van der Waals surface area contributed by atoms with E-state index in [-0.39, 0.29) is 29.1 Å². The minimum absolute atomic E-state index is 0.0234. The Labute approximate surface area is 201 Å². The van der Waals surface area contributed by atoms with Crippen LogP contribution in [-0.4, -0.2) is 44.4 Å². The minimum atomic E-state index is -0.735. The van der Waals surface area contributed by atoms with Crippen molar-refractivity contribution >= 4 is 0 Å². The quantitative estimate of drug-likeness (QED) is 0.436. The maximum absolute atomic E-state index is 14.2. The molecular formula is C26H25F2N5O2. The zero-order chi connectivity index (χ0) is 24.6. The van der Waals surface area contributed by atoms with E-state index in [9.17, 15) is 13.6 Å². The van der Waals surface area contributed by atoms with Crippen LogP contribution in [-0.2, 0) is 12.6 Å². The summed E-state index contributed by atoms with van der Waals surface area (Å²) in [5, 5.41) is 0. The number of hydrogen-bond donors (Lipinski definition) is 0. The first-order chi connectivity index (χ1) is 16.9. The van der Waals surface area contributed by atoms with Gasteiger partial charge in [0.25, 0.3) is 5.56 Å². The Morgan fingerprint density at radius 3 is 2.51 bits per heavy atom. The Bertz CT molecular complexity index is 1400. The molecule has 0 aliphatic carbocycles. The van der Waals surface area contributed by atoms with Gasteiger partial charge in [0.15, 0.2) is 11.6 Å². The smallest absolute Gasteiger partial charge is 0.322 e. The zero-order valence-electron chi connectivity index (χ0n) is 19.4. The normalized spacial score (nSPS) is 20.6. The summed E-state index contributed by atoms with van der Waals surface area (Å²) >= 11 is 0. The van der Waals surface area contributed by atoms with E-state index in [1.54, 1.807) is 54.5 Å². The first kappa shape index (κ1) is 22.9. The van der Waals surface area contributed by atoms with Crippen molar-refractivity contribution in [3.8, 4) is 11.8 Å². The molecule has 1 saturated heterocycles. The zero-order valence-corrected chi connectivity index (χ0v) is 19.4. The summed E-state index contributed by atoms with van der Waals surface area (Å²) in [5.74, 6) is -1.07. The standard InChI is InChI=1S/C26H25F2N5O2/c1-31-16-13-26(18-7-9-19(27)10-8-18,33-15-12-24(34)32(33)2)20(17-31)22-11-14-29-25(30-22)35-23-6-4-3-5-21(23)28/h3-12,14-15,20H,13,16-17H2,1-2H3. The molecule has 7 nitrogen and oxygen atoms in total. The summed E-state index contributed by atoms with van der Waals surface area (Å²) in [7, 11) is 3.74. The van der Waals surface area contributed by atoms with Gasteiger partial charge in [0.05, 0.1) is 11.2 Å². The molecule has 9 heteroatoms. The van der Waals surface area contributed by atoms with Crippen LogP contribution < -0.4 is 10.3 Å². The van der Waals surface area contributed by atoms with Crippen LogP contribution in [0.25, 0.3) is 0 Å². The van der Waals surface area contributed by atoms with Gasteiger partial charge in [0.1, 0.15) is 5.82 Å². The molecule has 3 heterocycles. The van der Waals surface area contributed by atoms with Crippen molar-refractivity contribution in [2.75, 3.05) is 20.1 Å². The predicted molar refractivity (Wildman–Crippen MR) is 127 cm³/mol. The van der Waals surface area contributed by atoms with Crippen LogP contribution in [0, 0.1) is 11.6 Å². The third kappa shape index (κ3) is 4.12. The predicted octanol–water partition coefficient (Wildman–Crippen LogP) is 3.91. The Balaban J connectivity index is 1.66. The highest BCUT2D eigenvalue weighted by Crippen LogP contribution is 2.46. The summed E-state index contributed by atoms with van der Waals surface area (Å²) in [6.07, 6.45) is 3.99. The summed E-state index contributed by atoms with van der Waals surface area (Å²) in [6.45, 7) is 1.36. The lowest BCUT2D eigenvalue weighted by Crippen LogP contribution is -2.53. The molecular weight excluding hydrogens is 452 g/mol. The van der Waals surface area contributed by atoms with Crippen molar-refractivity contribution in [1.82, 2.24) is 24.2 Å². The number of piperidine rings is 1. The molecule has 0 spiro atoms. The van der Waals surface area contributed by atoms with Gasteiger partial charge in [-0.15, -0.1) is 0 Å². The summed E-state index contributed by atoms with van der Waals surface area (Å²) in [5.41, 5.74) is 0.651. The molecule has 5 rings (SSSR count). The van der Waals surface area contributed by atoms with Crippen LogP contribution >= 0.6 is 0 Å².